The van der Waals surface area contributed by atoms with E-state index in [1.807, 2.05) is 0 Å². The second kappa shape index (κ2) is 7.81. The van der Waals surface area contributed by atoms with Crippen LogP contribution in [0, 0.1) is 0 Å². The number of hydrogen-bond acceptors (Lipinski definition) is 4. The van der Waals surface area contributed by atoms with Gasteiger partial charge in [0.1, 0.15) is 12.3 Å². The molecule has 0 radical (unpaired) electrons. The standard InChI is InChI=1S/C21H16ClN3O4/c22-15-3-1-2-4-17(15)24-21(28)25-11-12-29-19-18(25)10-9-16(23-19)13-5-7-14(8-6-13)20(26)27/h1-10H,11-12H2,(H,24,28)(H,26,27). The fraction of sp³-hybridized carbons (Fsp3) is 0.0952. The van der Waals surface area contributed by atoms with E-state index >= 15 is 0 Å². The van der Waals surface area contributed by atoms with Crippen molar-refractivity contribution in [2.75, 3.05) is 23.4 Å². The van der Waals surface area contributed by atoms with Crippen LogP contribution in [0.5, 0.6) is 5.88 Å². The summed E-state index contributed by atoms with van der Waals surface area (Å²) < 4.78 is 5.65. The number of nitrogens with one attached hydrogen (secondary N) is 1. The number of nitrogens with zero attached hydrogens (tertiary/aromatic N) is 2. The third-order valence-corrected chi connectivity index (χ3v) is 4.80. The van der Waals surface area contributed by atoms with Gasteiger partial charge in [-0.25, -0.2) is 14.6 Å². The van der Waals surface area contributed by atoms with Crippen molar-refractivity contribution in [1.29, 1.82) is 0 Å². The Morgan fingerprint density at radius 1 is 1.07 bits per heavy atom. The lowest BCUT2D eigenvalue weighted by molar-refractivity contribution is 0.0697. The van der Waals surface area contributed by atoms with Crippen molar-refractivity contribution in [3.63, 3.8) is 0 Å². The molecule has 2 N–H and O–H groups in total. The molecule has 7 nitrogen and oxygen atoms in total. The van der Waals surface area contributed by atoms with Crippen molar-refractivity contribution in [1.82, 2.24) is 4.98 Å². The topological polar surface area (TPSA) is 91.8 Å². The van der Waals surface area contributed by atoms with Gasteiger partial charge in [-0.05, 0) is 36.4 Å². The molecule has 0 fully saturated rings. The summed E-state index contributed by atoms with van der Waals surface area (Å²) in [6.45, 7) is 0.676. The first-order chi connectivity index (χ1) is 14.0. The van der Waals surface area contributed by atoms with E-state index in [-0.39, 0.29) is 11.6 Å². The Morgan fingerprint density at radius 2 is 1.83 bits per heavy atom. The molecular weight excluding hydrogens is 394 g/mol. The number of carbonyl (C=O) groups is 2. The van der Waals surface area contributed by atoms with Gasteiger partial charge in [-0.3, -0.25) is 4.90 Å². The maximum atomic E-state index is 12.8. The molecule has 0 atom stereocenters. The third-order valence-electron chi connectivity index (χ3n) is 4.47. The van der Waals surface area contributed by atoms with Gasteiger partial charge in [0.05, 0.1) is 28.5 Å². The summed E-state index contributed by atoms with van der Waals surface area (Å²) in [4.78, 5) is 29.8. The Morgan fingerprint density at radius 3 is 2.55 bits per heavy atom. The highest BCUT2D eigenvalue weighted by Gasteiger charge is 2.25. The lowest BCUT2D eigenvalue weighted by Gasteiger charge is -2.29. The number of pyridine rings is 1. The molecule has 0 saturated carbocycles. The number of amides is 2. The summed E-state index contributed by atoms with van der Waals surface area (Å²) >= 11 is 6.12. The third kappa shape index (κ3) is 3.86. The summed E-state index contributed by atoms with van der Waals surface area (Å²) in [6, 6.07) is 16.6. The maximum absolute atomic E-state index is 12.8. The number of fused-ring (bicyclic) bond motifs is 1. The van der Waals surface area contributed by atoms with Crippen LogP contribution in [0.25, 0.3) is 11.3 Å². The van der Waals surface area contributed by atoms with Gasteiger partial charge in [-0.2, -0.15) is 0 Å². The Balaban J connectivity index is 1.59. The average molecular weight is 410 g/mol. The van der Waals surface area contributed by atoms with E-state index in [0.717, 1.165) is 5.56 Å². The second-order valence-electron chi connectivity index (χ2n) is 6.31. The monoisotopic (exact) mass is 409 g/mol. The Kier molecular flexibility index (Phi) is 5.05. The van der Waals surface area contributed by atoms with Crippen LogP contribution in [0.3, 0.4) is 0 Å². The second-order valence-corrected chi connectivity index (χ2v) is 6.72. The van der Waals surface area contributed by atoms with Gasteiger partial charge < -0.3 is 15.2 Å². The van der Waals surface area contributed by atoms with Crippen LogP contribution in [-0.2, 0) is 0 Å². The molecule has 2 amide bonds. The number of ether oxygens (including phenoxy) is 1. The lowest BCUT2D eigenvalue weighted by atomic mass is 10.1. The number of halogens is 1. The first-order valence-electron chi connectivity index (χ1n) is 8.83. The largest absolute Gasteiger partial charge is 0.478 e. The Bertz CT molecular complexity index is 1090. The zero-order valence-electron chi connectivity index (χ0n) is 15.1. The number of aromatic nitrogens is 1. The predicted molar refractivity (Wildman–Crippen MR) is 110 cm³/mol. The highest BCUT2D eigenvalue weighted by atomic mass is 35.5. The summed E-state index contributed by atoms with van der Waals surface area (Å²) in [7, 11) is 0. The number of urea groups is 1. The highest BCUT2D eigenvalue weighted by Crippen LogP contribution is 2.33. The number of carboxylic acids is 1. The average Bonchev–Trinajstić information content (AvgIpc) is 2.74. The van der Waals surface area contributed by atoms with Crippen LogP contribution < -0.4 is 15.0 Å². The summed E-state index contributed by atoms with van der Waals surface area (Å²) in [5.74, 6) is -0.649. The molecule has 29 heavy (non-hydrogen) atoms. The molecule has 8 heteroatoms. The number of aromatic carboxylic acids is 1. The van der Waals surface area contributed by atoms with Crippen molar-refractivity contribution in [2.45, 2.75) is 0 Å². The summed E-state index contributed by atoms with van der Waals surface area (Å²) in [6.07, 6.45) is 0. The molecule has 2 aromatic carbocycles. The number of para-hydroxylation sites is 1. The molecule has 1 aliphatic rings. The molecule has 0 unspecified atom stereocenters. The van der Waals surface area contributed by atoms with Gasteiger partial charge in [-0.1, -0.05) is 35.9 Å². The van der Waals surface area contributed by atoms with E-state index in [4.69, 9.17) is 21.4 Å². The minimum Gasteiger partial charge on any atom is -0.478 e. The number of anilines is 2. The van der Waals surface area contributed by atoms with E-state index in [1.54, 1.807) is 53.4 Å². The molecule has 0 aliphatic carbocycles. The quantitative estimate of drug-likeness (QED) is 0.663. The molecule has 4 rings (SSSR count). The van der Waals surface area contributed by atoms with Crippen LogP contribution in [-0.4, -0.2) is 35.2 Å². The van der Waals surface area contributed by atoms with Gasteiger partial charge in [-0.15, -0.1) is 0 Å². The number of hydrogen-bond donors (Lipinski definition) is 2. The number of rotatable bonds is 3. The number of benzene rings is 2. The molecule has 0 bridgehead atoms. The fourth-order valence-corrected chi connectivity index (χ4v) is 3.18. The molecular formula is C21H16ClN3O4. The molecule has 1 aliphatic heterocycles. The lowest BCUT2D eigenvalue weighted by Crippen LogP contribution is -2.41. The molecule has 1 aromatic heterocycles. The minimum absolute atomic E-state index is 0.199. The van der Waals surface area contributed by atoms with E-state index in [0.29, 0.717) is 41.1 Å². The SMILES string of the molecule is O=C(O)c1ccc(-c2ccc3c(n2)OCCN3C(=O)Nc2ccccc2Cl)cc1. The summed E-state index contributed by atoms with van der Waals surface area (Å²) in [5, 5.41) is 12.3. The number of carboxylic acid groups (broad SMARTS) is 1. The van der Waals surface area contributed by atoms with Crippen LogP contribution in [0.1, 0.15) is 10.4 Å². The van der Waals surface area contributed by atoms with Gasteiger partial charge in [0.25, 0.3) is 0 Å². The first kappa shape index (κ1) is 18.8. The highest BCUT2D eigenvalue weighted by molar-refractivity contribution is 6.33. The van der Waals surface area contributed by atoms with Crippen molar-refractivity contribution in [2.24, 2.45) is 0 Å². The molecule has 3 aromatic rings. The molecule has 2 heterocycles. The van der Waals surface area contributed by atoms with E-state index in [2.05, 4.69) is 10.3 Å². The van der Waals surface area contributed by atoms with Gasteiger partial charge in [0, 0.05) is 5.56 Å². The van der Waals surface area contributed by atoms with E-state index in [9.17, 15) is 9.59 Å². The smallest absolute Gasteiger partial charge is 0.335 e. The van der Waals surface area contributed by atoms with Crippen LogP contribution in [0.15, 0.2) is 60.7 Å². The summed E-state index contributed by atoms with van der Waals surface area (Å²) in [5.41, 5.74) is 2.64. The van der Waals surface area contributed by atoms with Gasteiger partial charge >= 0.3 is 12.0 Å². The van der Waals surface area contributed by atoms with Gasteiger partial charge in [0.15, 0.2) is 0 Å². The normalized spacial score (nSPS) is 12.7. The predicted octanol–water partition coefficient (Wildman–Crippen LogP) is 4.53. The van der Waals surface area contributed by atoms with Crippen LogP contribution in [0.2, 0.25) is 5.02 Å². The van der Waals surface area contributed by atoms with Crippen molar-refractivity contribution in [3.05, 3.63) is 71.2 Å². The maximum Gasteiger partial charge on any atom is 0.335 e. The van der Waals surface area contributed by atoms with Gasteiger partial charge in [0.2, 0.25) is 5.88 Å². The minimum atomic E-state index is -0.988. The van der Waals surface area contributed by atoms with E-state index in [1.165, 1.54) is 12.1 Å². The Hall–Kier alpha value is -3.58. The van der Waals surface area contributed by atoms with Crippen LogP contribution in [0.4, 0.5) is 16.2 Å². The van der Waals surface area contributed by atoms with Crippen molar-refractivity contribution >= 4 is 35.0 Å². The molecule has 0 spiro atoms. The van der Waals surface area contributed by atoms with E-state index < -0.39 is 5.97 Å². The van der Waals surface area contributed by atoms with Crippen molar-refractivity contribution in [3.8, 4) is 17.1 Å². The van der Waals surface area contributed by atoms with Crippen molar-refractivity contribution < 1.29 is 19.4 Å². The number of carbonyl (C=O) groups excluding carboxylic acids is 1. The zero-order chi connectivity index (χ0) is 20.4. The van der Waals surface area contributed by atoms with Crippen LogP contribution >= 0.6 is 11.6 Å². The zero-order valence-corrected chi connectivity index (χ0v) is 15.9. The first-order valence-corrected chi connectivity index (χ1v) is 9.21. The fourth-order valence-electron chi connectivity index (χ4n) is 3.00. The molecule has 146 valence electrons. The Labute approximate surface area is 171 Å². The molecule has 0 saturated heterocycles.